The highest BCUT2D eigenvalue weighted by atomic mass is 32.1. The third-order valence-corrected chi connectivity index (χ3v) is 5.96. The van der Waals surface area contributed by atoms with Crippen molar-refractivity contribution in [3.63, 3.8) is 0 Å². The van der Waals surface area contributed by atoms with Crippen LogP contribution in [0.15, 0.2) is 24.5 Å². The number of amides is 1. The molecule has 128 valence electrons. The Morgan fingerprint density at radius 2 is 2.08 bits per heavy atom. The van der Waals surface area contributed by atoms with Crippen LogP contribution in [0.2, 0.25) is 0 Å². The Morgan fingerprint density at radius 1 is 1.24 bits per heavy atom. The van der Waals surface area contributed by atoms with Crippen molar-refractivity contribution in [2.75, 3.05) is 10.6 Å². The predicted octanol–water partition coefficient (Wildman–Crippen LogP) is 4.37. The zero-order valence-corrected chi connectivity index (χ0v) is 15.3. The third kappa shape index (κ3) is 2.87. The molecule has 0 radical (unpaired) electrons. The van der Waals surface area contributed by atoms with E-state index in [9.17, 15) is 4.79 Å². The molecular formula is C19H20N4OS. The second-order valence-corrected chi connectivity index (χ2v) is 7.72. The average Bonchev–Trinajstić information content (AvgIpc) is 2.89. The monoisotopic (exact) mass is 352 g/mol. The number of rotatable bonds is 3. The molecule has 3 aromatic rings. The Kier molecular flexibility index (Phi) is 3.92. The highest BCUT2D eigenvalue weighted by Gasteiger charge is 2.18. The van der Waals surface area contributed by atoms with Crippen LogP contribution in [-0.2, 0) is 11.2 Å². The van der Waals surface area contributed by atoms with E-state index in [4.69, 9.17) is 0 Å². The molecule has 1 aliphatic heterocycles. The highest BCUT2D eigenvalue weighted by molar-refractivity contribution is 7.18. The second-order valence-electron chi connectivity index (χ2n) is 6.52. The Morgan fingerprint density at radius 3 is 2.92 bits per heavy atom. The Hall–Kier alpha value is -2.47. The van der Waals surface area contributed by atoms with Crippen molar-refractivity contribution in [3.05, 3.63) is 46.1 Å². The summed E-state index contributed by atoms with van der Waals surface area (Å²) in [6.07, 6.45) is 2.97. The largest absolute Gasteiger partial charge is 0.363 e. The van der Waals surface area contributed by atoms with Gasteiger partial charge in [-0.3, -0.25) is 4.79 Å². The first kappa shape index (κ1) is 16.0. The molecule has 0 saturated carbocycles. The summed E-state index contributed by atoms with van der Waals surface area (Å²) < 4.78 is 0. The van der Waals surface area contributed by atoms with Gasteiger partial charge in [0, 0.05) is 23.0 Å². The zero-order valence-electron chi connectivity index (χ0n) is 14.5. The summed E-state index contributed by atoms with van der Waals surface area (Å²) in [7, 11) is 0. The standard InChI is InChI=1S/C19H20N4OS/c1-10-12(3)25-19-17(10)18(20-9-21-19)22-11(2)13-4-6-15-14(8-13)5-7-16(24)23-15/h4,6,8-9,11H,5,7H2,1-3H3,(H,23,24)(H,20,21,22)/t11-/m1/s1. The van der Waals surface area contributed by atoms with Crippen LogP contribution in [-0.4, -0.2) is 15.9 Å². The molecule has 0 saturated heterocycles. The number of nitrogens with one attached hydrogen (secondary N) is 2. The molecule has 4 rings (SSSR count). The number of benzene rings is 1. The molecule has 2 N–H and O–H groups in total. The van der Waals surface area contributed by atoms with Crippen LogP contribution < -0.4 is 10.6 Å². The maximum atomic E-state index is 11.5. The molecule has 0 spiro atoms. The van der Waals surface area contributed by atoms with E-state index < -0.39 is 0 Å². The number of hydrogen-bond acceptors (Lipinski definition) is 5. The SMILES string of the molecule is Cc1sc2ncnc(N[C@H](C)c3ccc4c(c3)CCC(=O)N4)c2c1C. The summed E-state index contributed by atoms with van der Waals surface area (Å²) in [5.41, 5.74) is 4.55. The lowest BCUT2D eigenvalue weighted by Crippen LogP contribution is -2.19. The first-order chi connectivity index (χ1) is 12.0. The van der Waals surface area contributed by atoms with Gasteiger partial charge < -0.3 is 10.6 Å². The lowest BCUT2D eigenvalue weighted by Gasteiger charge is -2.21. The summed E-state index contributed by atoms with van der Waals surface area (Å²) >= 11 is 1.70. The van der Waals surface area contributed by atoms with Crippen LogP contribution in [0.1, 0.15) is 41.0 Å². The average molecular weight is 352 g/mol. The fourth-order valence-corrected chi connectivity index (χ4v) is 4.25. The Balaban J connectivity index is 1.65. The molecular weight excluding hydrogens is 332 g/mol. The minimum absolute atomic E-state index is 0.0955. The summed E-state index contributed by atoms with van der Waals surface area (Å²) in [5.74, 6) is 0.975. The van der Waals surface area contributed by atoms with Crippen LogP contribution in [0.25, 0.3) is 10.2 Å². The smallest absolute Gasteiger partial charge is 0.224 e. The number of carbonyl (C=O) groups excluding carboxylic acids is 1. The molecule has 0 bridgehead atoms. The van der Waals surface area contributed by atoms with Gasteiger partial charge in [-0.2, -0.15) is 0 Å². The van der Waals surface area contributed by atoms with E-state index in [1.807, 2.05) is 6.07 Å². The van der Waals surface area contributed by atoms with Gasteiger partial charge in [-0.25, -0.2) is 9.97 Å². The van der Waals surface area contributed by atoms with E-state index in [2.05, 4.69) is 53.5 Å². The summed E-state index contributed by atoms with van der Waals surface area (Å²) in [4.78, 5) is 22.7. The molecule has 0 fully saturated rings. The van der Waals surface area contributed by atoms with E-state index in [1.165, 1.54) is 21.6 Å². The molecule has 1 atom stereocenters. The number of fused-ring (bicyclic) bond motifs is 2. The number of nitrogens with zero attached hydrogens (tertiary/aromatic N) is 2. The summed E-state index contributed by atoms with van der Waals surface area (Å²) in [6.45, 7) is 6.37. The molecule has 1 aromatic carbocycles. The molecule has 1 amide bonds. The van der Waals surface area contributed by atoms with Gasteiger partial charge in [0.1, 0.15) is 17.0 Å². The van der Waals surface area contributed by atoms with E-state index >= 15 is 0 Å². The van der Waals surface area contributed by atoms with Gasteiger partial charge >= 0.3 is 0 Å². The minimum Gasteiger partial charge on any atom is -0.363 e. The molecule has 0 aliphatic carbocycles. The third-order valence-electron chi connectivity index (χ3n) is 4.84. The topological polar surface area (TPSA) is 66.9 Å². The van der Waals surface area contributed by atoms with Gasteiger partial charge in [-0.1, -0.05) is 12.1 Å². The fraction of sp³-hybridized carbons (Fsp3) is 0.316. The Bertz CT molecular complexity index is 979. The molecule has 2 aromatic heterocycles. The van der Waals surface area contributed by atoms with Crippen LogP contribution >= 0.6 is 11.3 Å². The first-order valence-corrected chi connectivity index (χ1v) is 9.24. The van der Waals surface area contributed by atoms with Crippen molar-refractivity contribution in [1.82, 2.24) is 9.97 Å². The van der Waals surface area contributed by atoms with Crippen molar-refractivity contribution < 1.29 is 4.79 Å². The van der Waals surface area contributed by atoms with E-state index in [0.717, 1.165) is 28.1 Å². The van der Waals surface area contributed by atoms with Gasteiger partial charge in [0.15, 0.2) is 0 Å². The van der Waals surface area contributed by atoms with Crippen molar-refractivity contribution in [2.24, 2.45) is 0 Å². The number of aryl methyl sites for hydroxylation is 3. The number of carbonyl (C=O) groups is 1. The molecule has 5 nitrogen and oxygen atoms in total. The van der Waals surface area contributed by atoms with Gasteiger partial charge in [0.2, 0.25) is 5.91 Å². The van der Waals surface area contributed by atoms with E-state index in [0.29, 0.717) is 6.42 Å². The maximum absolute atomic E-state index is 11.5. The Labute approximate surface area is 150 Å². The second kappa shape index (κ2) is 6.11. The van der Waals surface area contributed by atoms with Gasteiger partial charge in [-0.15, -0.1) is 11.3 Å². The summed E-state index contributed by atoms with van der Waals surface area (Å²) in [5, 5.41) is 7.58. The molecule has 6 heteroatoms. The van der Waals surface area contributed by atoms with E-state index in [-0.39, 0.29) is 11.9 Å². The van der Waals surface area contributed by atoms with Gasteiger partial charge in [0.25, 0.3) is 0 Å². The quantitative estimate of drug-likeness (QED) is 0.735. The van der Waals surface area contributed by atoms with Gasteiger partial charge in [0.05, 0.1) is 5.39 Å². The minimum atomic E-state index is 0.0955. The molecule has 25 heavy (non-hydrogen) atoms. The summed E-state index contributed by atoms with van der Waals surface area (Å²) in [6, 6.07) is 6.35. The molecule has 1 aliphatic rings. The highest BCUT2D eigenvalue weighted by Crippen LogP contribution is 2.34. The van der Waals surface area contributed by atoms with Crippen LogP contribution in [0, 0.1) is 13.8 Å². The number of hydrogen-bond donors (Lipinski definition) is 2. The number of thiophene rings is 1. The van der Waals surface area contributed by atoms with Crippen molar-refractivity contribution in [1.29, 1.82) is 0 Å². The fourth-order valence-electron chi connectivity index (χ4n) is 3.25. The van der Waals surface area contributed by atoms with Crippen molar-refractivity contribution in [2.45, 2.75) is 39.7 Å². The predicted molar refractivity (Wildman–Crippen MR) is 102 cm³/mol. The zero-order chi connectivity index (χ0) is 17.6. The van der Waals surface area contributed by atoms with Crippen LogP contribution in [0.5, 0.6) is 0 Å². The number of anilines is 2. The van der Waals surface area contributed by atoms with Crippen molar-refractivity contribution >= 4 is 39.0 Å². The molecule has 0 unspecified atom stereocenters. The van der Waals surface area contributed by atoms with Crippen molar-refractivity contribution in [3.8, 4) is 0 Å². The van der Waals surface area contributed by atoms with Gasteiger partial charge in [-0.05, 0) is 49.9 Å². The maximum Gasteiger partial charge on any atom is 0.224 e. The lowest BCUT2D eigenvalue weighted by molar-refractivity contribution is -0.116. The van der Waals surface area contributed by atoms with E-state index in [1.54, 1.807) is 17.7 Å². The lowest BCUT2D eigenvalue weighted by atomic mass is 9.98. The normalized spacial score (nSPS) is 14.9. The number of aromatic nitrogens is 2. The van der Waals surface area contributed by atoms with Crippen LogP contribution in [0.4, 0.5) is 11.5 Å². The van der Waals surface area contributed by atoms with Crippen LogP contribution in [0.3, 0.4) is 0 Å². The molecule has 3 heterocycles. The first-order valence-electron chi connectivity index (χ1n) is 8.43.